The van der Waals surface area contributed by atoms with Gasteiger partial charge in [0.1, 0.15) is 5.01 Å². The van der Waals surface area contributed by atoms with Gasteiger partial charge in [0.25, 0.3) is 0 Å². The van der Waals surface area contributed by atoms with Crippen molar-refractivity contribution in [2.45, 2.75) is 26.4 Å². The maximum Gasteiger partial charge on any atom is 0.227 e. The van der Waals surface area contributed by atoms with E-state index in [2.05, 4.69) is 25.2 Å². The van der Waals surface area contributed by atoms with Crippen molar-refractivity contribution in [1.82, 2.24) is 20.3 Å². The lowest BCUT2D eigenvalue weighted by atomic mass is 9.90. The molecule has 3 atom stereocenters. The lowest BCUT2D eigenvalue weighted by Gasteiger charge is -2.17. The van der Waals surface area contributed by atoms with Gasteiger partial charge in [0.15, 0.2) is 5.82 Å². The van der Waals surface area contributed by atoms with Crippen molar-refractivity contribution in [3.63, 3.8) is 0 Å². The van der Waals surface area contributed by atoms with Crippen LogP contribution in [0.3, 0.4) is 0 Å². The van der Waals surface area contributed by atoms with Gasteiger partial charge in [-0.1, -0.05) is 16.5 Å². The highest BCUT2D eigenvalue weighted by Crippen LogP contribution is 2.37. The van der Waals surface area contributed by atoms with Gasteiger partial charge in [0.2, 0.25) is 11.0 Å². The maximum atomic E-state index is 5.95. The van der Waals surface area contributed by atoms with Crippen LogP contribution in [0.15, 0.2) is 4.52 Å². The van der Waals surface area contributed by atoms with Crippen LogP contribution in [0.2, 0.25) is 0 Å². The first kappa shape index (κ1) is 13.1. The van der Waals surface area contributed by atoms with E-state index in [4.69, 9.17) is 9.26 Å². The van der Waals surface area contributed by atoms with E-state index in [-0.39, 0.29) is 6.10 Å². The van der Waals surface area contributed by atoms with E-state index < -0.39 is 0 Å². The highest BCUT2D eigenvalue weighted by molar-refractivity contribution is 7.15. The molecule has 4 rings (SSSR count). The zero-order chi connectivity index (χ0) is 14.4. The molecule has 2 aromatic heterocycles. The smallest absolute Gasteiger partial charge is 0.227 e. The molecule has 21 heavy (non-hydrogen) atoms. The van der Waals surface area contributed by atoms with Crippen molar-refractivity contribution < 1.29 is 9.26 Å². The summed E-state index contributed by atoms with van der Waals surface area (Å²) in [4.78, 5) is 6.58. The normalized spacial score (nSPS) is 28.3. The van der Waals surface area contributed by atoms with Crippen molar-refractivity contribution in [2.75, 3.05) is 24.6 Å². The second kappa shape index (κ2) is 5.03. The van der Waals surface area contributed by atoms with Crippen LogP contribution in [0, 0.1) is 25.7 Å². The number of fused-ring (bicyclic) bond motifs is 1. The van der Waals surface area contributed by atoms with Crippen LogP contribution >= 0.6 is 11.3 Å². The molecule has 112 valence electrons. The number of hydrogen-bond acceptors (Lipinski definition) is 8. The summed E-state index contributed by atoms with van der Waals surface area (Å²) in [5, 5.41) is 14.2. The van der Waals surface area contributed by atoms with Gasteiger partial charge in [0.05, 0.1) is 12.7 Å². The third-order valence-electron chi connectivity index (χ3n) is 4.23. The Morgan fingerprint density at radius 1 is 1.29 bits per heavy atom. The Labute approximate surface area is 126 Å². The van der Waals surface area contributed by atoms with Crippen LogP contribution in [0.25, 0.3) is 0 Å². The Bertz CT molecular complexity index is 642. The molecule has 2 aliphatic rings. The van der Waals surface area contributed by atoms with Crippen molar-refractivity contribution >= 4 is 16.5 Å². The highest BCUT2D eigenvalue weighted by Gasteiger charge is 2.45. The Kier molecular flexibility index (Phi) is 3.15. The lowest BCUT2D eigenvalue weighted by Crippen LogP contribution is -2.24. The second-order valence-electron chi connectivity index (χ2n) is 5.74. The van der Waals surface area contributed by atoms with Gasteiger partial charge in [0, 0.05) is 25.4 Å². The van der Waals surface area contributed by atoms with E-state index in [1.54, 1.807) is 11.3 Å². The molecule has 0 unspecified atom stereocenters. The molecule has 2 aliphatic heterocycles. The zero-order valence-corrected chi connectivity index (χ0v) is 12.8. The van der Waals surface area contributed by atoms with Crippen LogP contribution in [0.5, 0.6) is 0 Å². The fourth-order valence-electron chi connectivity index (χ4n) is 3.23. The summed E-state index contributed by atoms with van der Waals surface area (Å²) in [7, 11) is 0. The molecular weight excluding hydrogens is 290 g/mol. The molecule has 7 nitrogen and oxygen atoms in total. The first-order chi connectivity index (χ1) is 10.2. The summed E-state index contributed by atoms with van der Waals surface area (Å²) < 4.78 is 11.2. The molecule has 0 aliphatic carbocycles. The van der Waals surface area contributed by atoms with Crippen LogP contribution in [-0.4, -0.2) is 46.1 Å². The maximum absolute atomic E-state index is 5.95. The molecular formula is C13H17N5O2S. The van der Waals surface area contributed by atoms with Crippen LogP contribution in [0.1, 0.15) is 16.7 Å². The molecule has 0 bridgehead atoms. The number of ether oxygens (including phenoxy) is 1. The van der Waals surface area contributed by atoms with E-state index in [0.717, 1.165) is 36.3 Å². The molecule has 0 spiro atoms. The Balaban J connectivity index is 1.46. The molecule has 0 aromatic carbocycles. The number of aromatic nitrogens is 4. The first-order valence-electron chi connectivity index (χ1n) is 7.15. The Hall–Kier alpha value is -1.54. The SMILES string of the molecule is Cc1noc(C[C@@H]2CO[C@@H]3CN(c4nnc(C)s4)C[C@H]23)n1. The van der Waals surface area contributed by atoms with E-state index in [0.29, 0.717) is 23.6 Å². The fraction of sp³-hybridized carbons (Fsp3) is 0.692. The summed E-state index contributed by atoms with van der Waals surface area (Å²) >= 11 is 1.64. The van der Waals surface area contributed by atoms with Crippen molar-refractivity contribution in [2.24, 2.45) is 11.8 Å². The van der Waals surface area contributed by atoms with Gasteiger partial charge in [-0.15, -0.1) is 10.2 Å². The zero-order valence-electron chi connectivity index (χ0n) is 12.0. The van der Waals surface area contributed by atoms with Crippen molar-refractivity contribution in [1.29, 1.82) is 0 Å². The number of rotatable bonds is 3. The molecule has 2 saturated heterocycles. The van der Waals surface area contributed by atoms with Crippen LogP contribution in [-0.2, 0) is 11.2 Å². The van der Waals surface area contributed by atoms with E-state index in [9.17, 15) is 0 Å². The van der Waals surface area contributed by atoms with Crippen LogP contribution in [0.4, 0.5) is 5.13 Å². The third kappa shape index (κ3) is 2.42. The molecule has 0 saturated carbocycles. The van der Waals surface area contributed by atoms with Gasteiger partial charge in [-0.3, -0.25) is 0 Å². The van der Waals surface area contributed by atoms with Gasteiger partial charge < -0.3 is 14.2 Å². The summed E-state index contributed by atoms with van der Waals surface area (Å²) in [5.74, 6) is 2.35. The molecule has 0 N–H and O–H groups in total. The average Bonchev–Trinajstić information content (AvgIpc) is 3.16. The first-order valence-corrected chi connectivity index (χ1v) is 7.96. The second-order valence-corrected chi connectivity index (χ2v) is 6.90. The summed E-state index contributed by atoms with van der Waals surface area (Å²) in [6, 6.07) is 0. The molecule has 8 heteroatoms. The van der Waals surface area contributed by atoms with E-state index in [1.165, 1.54) is 0 Å². The van der Waals surface area contributed by atoms with Crippen LogP contribution < -0.4 is 4.90 Å². The van der Waals surface area contributed by atoms with Crippen molar-refractivity contribution in [3.8, 4) is 0 Å². The fourth-order valence-corrected chi connectivity index (χ4v) is 3.93. The molecule has 0 radical (unpaired) electrons. The predicted molar refractivity (Wildman–Crippen MR) is 76.3 cm³/mol. The summed E-state index contributed by atoms with van der Waals surface area (Å²) in [5.41, 5.74) is 0. The van der Waals surface area contributed by atoms with Gasteiger partial charge in [-0.25, -0.2) is 0 Å². The van der Waals surface area contributed by atoms with Crippen molar-refractivity contribution in [3.05, 3.63) is 16.7 Å². The topological polar surface area (TPSA) is 77.2 Å². The van der Waals surface area contributed by atoms with Gasteiger partial charge >= 0.3 is 0 Å². The largest absolute Gasteiger partial charge is 0.376 e. The molecule has 2 aromatic rings. The minimum atomic E-state index is 0.281. The lowest BCUT2D eigenvalue weighted by molar-refractivity contribution is 0.111. The number of hydrogen-bond donors (Lipinski definition) is 0. The summed E-state index contributed by atoms with van der Waals surface area (Å²) in [6.45, 7) is 6.47. The number of nitrogens with zero attached hydrogens (tertiary/aromatic N) is 5. The van der Waals surface area contributed by atoms with Gasteiger partial charge in [-0.2, -0.15) is 4.98 Å². The molecule has 0 amide bonds. The third-order valence-corrected chi connectivity index (χ3v) is 5.13. The average molecular weight is 307 g/mol. The Morgan fingerprint density at radius 2 is 2.19 bits per heavy atom. The Morgan fingerprint density at radius 3 is 2.90 bits per heavy atom. The van der Waals surface area contributed by atoms with E-state index in [1.807, 2.05) is 13.8 Å². The quantitative estimate of drug-likeness (QED) is 0.844. The predicted octanol–water partition coefficient (Wildman–Crippen LogP) is 1.23. The molecule has 4 heterocycles. The monoisotopic (exact) mass is 307 g/mol. The van der Waals surface area contributed by atoms with E-state index >= 15 is 0 Å². The minimum Gasteiger partial charge on any atom is -0.376 e. The number of anilines is 1. The minimum absolute atomic E-state index is 0.281. The standard InChI is InChI=1S/C13H17N5O2S/c1-7-14-12(20-17-7)3-9-6-19-11-5-18(4-10(9)11)13-16-15-8(2)21-13/h9-11H,3-6H2,1-2H3/t9-,10-,11-/m1/s1. The molecule has 2 fully saturated rings. The van der Waals surface area contributed by atoms with Gasteiger partial charge in [-0.05, 0) is 19.8 Å². The summed E-state index contributed by atoms with van der Waals surface area (Å²) in [6.07, 6.45) is 1.08. The number of aryl methyl sites for hydroxylation is 2. The highest BCUT2D eigenvalue weighted by atomic mass is 32.1.